The Morgan fingerprint density at radius 3 is 1.72 bits per heavy atom. The highest BCUT2D eigenvalue weighted by molar-refractivity contribution is 5.96. The first-order chi connectivity index (χ1) is 12.5. The number of rotatable bonds is 5. The van der Waals surface area contributed by atoms with E-state index in [1.807, 2.05) is 19.0 Å². The third kappa shape index (κ3) is 5.55. The molecule has 3 rings (SSSR count). The molecule has 0 spiro atoms. The summed E-state index contributed by atoms with van der Waals surface area (Å²) in [4.78, 5) is 37.0. The average Bonchev–Trinajstić information content (AvgIpc) is 2.64. The van der Waals surface area contributed by atoms with E-state index in [0.717, 1.165) is 6.54 Å². The number of aromatic amines is 2. The molecule has 0 amide bonds. The topological polar surface area (TPSA) is 120 Å². The van der Waals surface area contributed by atoms with Gasteiger partial charge in [-0.15, -0.1) is 37.2 Å². The summed E-state index contributed by atoms with van der Waals surface area (Å²) >= 11 is 0. The van der Waals surface area contributed by atoms with E-state index >= 15 is 0 Å². The van der Waals surface area contributed by atoms with Crippen molar-refractivity contribution in [1.82, 2.24) is 15.1 Å². The molecule has 0 saturated heterocycles. The van der Waals surface area contributed by atoms with Crippen LogP contribution in [0.4, 0.5) is 0 Å². The largest absolute Gasteiger partial charge is 0.329 e. The summed E-state index contributed by atoms with van der Waals surface area (Å²) in [5.74, 6) is 0. The Kier molecular flexibility index (Phi) is 11.1. The number of halogens is 3. The molecule has 0 aliphatic heterocycles. The number of nitrogens with two attached hydrogens (primary N) is 1. The highest BCUT2D eigenvalue weighted by atomic mass is 35.5. The van der Waals surface area contributed by atoms with Crippen LogP contribution in [0.2, 0.25) is 0 Å². The summed E-state index contributed by atoms with van der Waals surface area (Å²) in [6.45, 7) is 2.02. The molecule has 29 heavy (non-hydrogen) atoms. The zero-order valence-electron chi connectivity index (χ0n) is 16.1. The molecule has 0 aliphatic rings. The lowest BCUT2D eigenvalue weighted by molar-refractivity contribution is 0.419. The molecule has 8 nitrogen and oxygen atoms in total. The molecule has 0 bridgehead atoms. The van der Waals surface area contributed by atoms with Crippen molar-refractivity contribution >= 4 is 58.8 Å². The van der Waals surface area contributed by atoms with E-state index in [1.54, 1.807) is 12.1 Å². The number of fused-ring (bicyclic) bond motifs is 2. The zero-order chi connectivity index (χ0) is 18.7. The van der Waals surface area contributed by atoms with Gasteiger partial charge in [0.05, 0.1) is 45.3 Å². The van der Waals surface area contributed by atoms with E-state index in [9.17, 15) is 9.59 Å². The number of nitrogens with zero attached hydrogens (tertiary/aromatic N) is 3. The van der Waals surface area contributed by atoms with Crippen molar-refractivity contribution in [3.8, 4) is 0 Å². The molecule has 2 aromatic carbocycles. The minimum atomic E-state index is -0.236. The van der Waals surface area contributed by atoms with Crippen LogP contribution in [0.3, 0.4) is 0 Å². The lowest BCUT2D eigenvalue weighted by atomic mass is 10.0. The van der Waals surface area contributed by atoms with Crippen LogP contribution in [-0.2, 0) is 0 Å². The number of H-pyrrole nitrogens is 2. The lowest BCUT2D eigenvalue weighted by Gasteiger charge is -2.06. The van der Waals surface area contributed by atoms with Crippen molar-refractivity contribution < 1.29 is 0 Å². The van der Waals surface area contributed by atoms with E-state index in [-0.39, 0.29) is 48.1 Å². The van der Waals surface area contributed by atoms with E-state index in [1.165, 1.54) is 12.4 Å². The van der Waals surface area contributed by atoms with Gasteiger partial charge >= 0.3 is 0 Å². The second-order valence-electron chi connectivity index (χ2n) is 6.27. The second kappa shape index (κ2) is 11.9. The molecule has 0 fully saturated rings. The Labute approximate surface area is 185 Å². The number of hydrogen-bond acceptors (Lipinski definition) is 6. The van der Waals surface area contributed by atoms with Gasteiger partial charge in [0.25, 0.3) is 0 Å². The van der Waals surface area contributed by atoms with Gasteiger partial charge in [-0.3, -0.25) is 19.6 Å². The third-order valence-electron chi connectivity index (χ3n) is 4.15. The van der Waals surface area contributed by atoms with E-state index in [2.05, 4.69) is 20.2 Å². The smallest absolute Gasteiger partial charge is 0.198 e. The quantitative estimate of drug-likeness (QED) is 0.474. The van der Waals surface area contributed by atoms with Gasteiger partial charge in [0.1, 0.15) is 0 Å². The predicted molar refractivity (Wildman–Crippen MR) is 124 cm³/mol. The summed E-state index contributed by atoms with van der Waals surface area (Å²) < 4.78 is 0. The first kappa shape index (κ1) is 27.0. The van der Waals surface area contributed by atoms with Crippen molar-refractivity contribution in [1.29, 1.82) is 0 Å². The van der Waals surface area contributed by atoms with Gasteiger partial charge < -0.3 is 20.8 Å². The average molecular weight is 464 g/mol. The molecule has 1 heterocycles. The maximum atomic E-state index is 13.1. The summed E-state index contributed by atoms with van der Waals surface area (Å²) in [6, 6.07) is 3.48. The van der Waals surface area contributed by atoms with Gasteiger partial charge in [0.2, 0.25) is 0 Å². The van der Waals surface area contributed by atoms with E-state index < -0.39 is 0 Å². The second-order valence-corrected chi connectivity index (χ2v) is 6.27. The number of hydrogen-bond donors (Lipinski definition) is 3. The molecule has 0 atom stereocenters. The molecular formula is C18H25Cl3N6O2. The van der Waals surface area contributed by atoms with Crippen molar-refractivity contribution in [2.75, 3.05) is 40.3 Å². The monoisotopic (exact) mass is 462 g/mol. The Morgan fingerprint density at radius 2 is 1.31 bits per heavy atom. The molecule has 4 N–H and O–H groups in total. The SMILES string of the molecule is CN(C)CCN=c1ccc(=NCCN)c2c(=O)c3c[nH][nH]cc3c(=O)c12.Cl.Cl.Cl. The Balaban J connectivity index is 0.00000261. The van der Waals surface area contributed by atoms with Crippen molar-refractivity contribution in [2.24, 2.45) is 15.7 Å². The molecular weight excluding hydrogens is 439 g/mol. The maximum absolute atomic E-state index is 13.1. The lowest BCUT2D eigenvalue weighted by Crippen LogP contribution is -2.28. The van der Waals surface area contributed by atoms with E-state index in [0.29, 0.717) is 51.9 Å². The molecule has 11 heteroatoms. The fourth-order valence-corrected chi connectivity index (χ4v) is 2.89. The summed E-state index contributed by atoms with van der Waals surface area (Å²) in [5, 5.41) is 7.79. The van der Waals surface area contributed by atoms with Gasteiger partial charge in [-0.05, 0) is 26.2 Å². The number of benzene rings is 2. The van der Waals surface area contributed by atoms with Gasteiger partial charge in [-0.2, -0.15) is 0 Å². The third-order valence-corrected chi connectivity index (χ3v) is 4.15. The molecule has 1 aromatic heterocycles. The first-order valence-corrected chi connectivity index (χ1v) is 8.42. The maximum Gasteiger partial charge on any atom is 0.198 e. The van der Waals surface area contributed by atoms with Crippen molar-refractivity contribution in [2.45, 2.75) is 0 Å². The molecule has 0 radical (unpaired) electrons. The van der Waals surface area contributed by atoms with Crippen molar-refractivity contribution in [3.05, 3.63) is 55.7 Å². The van der Waals surface area contributed by atoms with Gasteiger partial charge in [0.15, 0.2) is 10.9 Å². The van der Waals surface area contributed by atoms with Crippen LogP contribution in [0.1, 0.15) is 0 Å². The van der Waals surface area contributed by atoms with Gasteiger partial charge in [-0.1, -0.05) is 0 Å². The number of aromatic nitrogens is 2. The molecule has 160 valence electrons. The Morgan fingerprint density at radius 1 is 0.862 bits per heavy atom. The van der Waals surface area contributed by atoms with Gasteiger partial charge in [-0.25, -0.2) is 0 Å². The van der Waals surface area contributed by atoms with E-state index in [4.69, 9.17) is 5.73 Å². The minimum absolute atomic E-state index is 0. The Hall–Kier alpha value is -1.97. The molecule has 0 saturated carbocycles. The predicted octanol–water partition coefficient (Wildman–Crippen LogP) is 0.394. The number of nitrogens with one attached hydrogen (secondary N) is 2. The molecule has 0 aliphatic carbocycles. The molecule has 3 aromatic rings. The van der Waals surface area contributed by atoms with Crippen LogP contribution in [-0.4, -0.2) is 55.4 Å². The van der Waals surface area contributed by atoms with Crippen LogP contribution >= 0.6 is 37.2 Å². The fourth-order valence-electron chi connectivity index (χ4n) is 2.89. The fraction of sp³-hybridized carbons (Fsp3) is 0.333. The highest BCUT2D eigenvalue weighted by Crippen LogP contribution is 2.05. The van der Waals surface area contributed by atoms with Crippen LogP contribution in [0.15, 0.2) is 44.1 Å². The number of likely N-dealkylation sites (N-methyl/N-ethyl adjacent to an activating group) is 1. The normalized spacial score (nSPS) is 12.0. The standard InChI is InChI=1S/C18H22N6O2.3ClH/c1-24(2)8-7-21-14-4-3-13(20-6-5-19)15-16(14)18(26)12-10-23-22-9-11(12)17(15)25;;;/h3-4,9-10,22-23H,5-8,19H2,1-2H3;3*1H. The van der Waals surface area contributed by atoms with Gasteiger partial charge in [0, 0.05) is 25.5 Å². The summed E-state index contributed by atoms with van der Waals surface area (Å²) in [6.07, 6.45) is 3.01. The first-order valence-electron chi connectivity index (χ1n) is 8.42. The van der Waals surface area contributed by atoms with Crippen LogP contribution < -0.4 is 27.3 Å². The highest BCUT2D eigenvalue weighted by Gasteiger charge is 2.13. The summed E-state index contributed by atoms with van der Waals surface area (Å²) in [7, 11) is 3.91. The van der Waals surface area contributed by atoms with Crippen LogP contribution in [0, 0.1) is 0 Å². The summed E-state index contributed by atoms with van der Waals surface area (Å²) in [5.41, 5.74) is 5.07. The van der Waals surface area contributed by atoms with Crippen LogP contribution in [0.25, 0.3) is 21.5 Å². The van der Waals surface area contributed by atoms with Crippen molar-refractivity contribution in [3.63, 3.8) is 0 Å². The van der Waals surface area contributed by atoms with Crippen LogP contribution in [0.5, 0.6) is 0 Å². The Bertz CT molecular complexity index is 1190. The minimum Gasteiger partial charge on any atom is -0.329 e. The zero-order valence-corrected chi connectivity index (χ0v) is 18.5. The molecule has 0 unspecified atom stereocenters.